The number of guanidine groups is 1. The van der Waals surface area contributed by atoms with Crippen LogP contribution < -0.4 is 10.6 Å². The van der Waals surface area contributed by atoms with Crippen LogP contribution >= 0.6 is 0 Å². The van der Waals surface area contributed by atoms with Crippen molar-refractivity contribution >= 4 is 5.96 Å². The molecule has 140 valence electrons. The zero-order valence-electron chi connectivity index (χ0n) is 16.7. The zero-order chi connectivity index (χ0) is 17.7. The van der Waals surface area contributed by atoms with E-state index in [2.05, 4.69) is 60.0 Å². The molecule has 5 nitrogen and oxygen atoms in total. The number of likely N-dealkylation sites (tertiary alicyclic amines) is 2. The van der Waals surface area contributed by atoms with Crippen LogP contribution in [-0.4, -0.2) is 73.7 Å². The van der Waals surface area contributed by atoms with E-state index in [4.69, 9.17) is 0 Å². The highest BCUT2D eigenvalue weighted by Crippen LogP contribution is 2.19. The molecule has 2 saturated heterocycles. The molecule has 2 aliphatic rings. The fourth-order valence-corrected chi connectivity index (χ4v) is 3.83. The normalized spacial score (nSPS) is 29.2. The molecule has 0 spiro atoms. The Balaban J connectivity index is 1.76. The van der Waals surface area contributed by atoms with Gasteiger partial charge in [0, 0.05) is 44.8 Å². The van der Waals surface area contributed by atoms with Gasteiger partial charge in [-0.1, -0.05) is 13.8 Å². The van der Waals surface area contributed by atoms with Crippen LogP contribution in [0.2, 0.25) is 0 Å². The van der Waals surface area contributed by atoms with E-state index in [0.29, 0.717) is 24.0 Å². The van der Waals surface area contributed by atoms with Gasteiger partial charge >= 0.3 is 0 Å². The quantitative estimate of drug-likeness (QED) is 0.595. The number of aliphatic imine (C=N–C) groups is 1. The standard InChI is InChI=1S/C19H39N5/c1-14(2)24-12-16(4)18(13-24)22-19(20-6)21-11-17(5)23-9-7-15(3)8-10-23/h14-18H,7-13H2,1-6H3,(H2,20,21,22). The Morgan fingerprint density at radius 1 is 1.08 bits per heavy atom. The van der Waals surface area contributed by atoms with E-state index >= 15 is 0 Å². The smallest absolute Gasteiger partial charge is 0.191 e. The molecule has 5 heteroatoms. The first-order valence-electron chi connectivity index (χ1n) is 9.86. The van der Waals surface area contributed by atoms with E-state index in [1.54, 1.807) is 0 Å². The van der Waals surface area contributed by atoms with Gasteiger partial charge in [0.2, 0.25) is 0 Å². The molecule has 0 aromatic rings. The van der Waals surface area contributed by atoms with Gasteiger partial charge in [0.1, 0.15) is 0 Å². The molecule has 0 aromatic carbocycles. The lowest BCUT2D eigenvalue weighted by Gasteiger charge is -2.35. The SMILES string of the molecule is CN=C(NCC(C)N1CCC(C)CC1)NC1CN(C(C)C)CC1C. The minimum atomic E-state index is 0.491. The van der Waals surface area contributed by atoms with E-state index in [9.17, 15) is 0 Å². The van der Waals surface area contributed by atoms with Crippen LogP contribution in [0, 0.1) is 11.8 Å². The van der Waals surface area contributed by atoms with E-state index in [1.165, 1.54) is 32.5 Å². The highest BCUT2D eigenvalue weighted by molar-refractivity contribution is 5.80. The van der Waals surface area contributed by atoms with Crippen LogP contribution in [0.15, 0.2) is 4.99 Å². The summed E-state index contributed by atoms with van der Waals surface area (Å²) in [5.74, 6) is 2.50. The molecule has 0 bridgehead atoms. The fraction of sp³-hybridized carbons (Fsp3) is 0.947. The predicted molar refractivity (Wildman–Crippen MR) is 104 cm³/mol. The highest BCUT2D eigenvalue weighted by Gasteiger charge is 2.31. The molecule has 3 unspecified atom stereocenters. The molecule has 3 atom stereocenters. The van der Waals surface area contributed by atoms with Crippen molar-refractivity contribution in [1.29, 1.82) is 0 Å². The van der Waals surface area contributed by atoms with Crippen molar-refractivity contribution in [2.75, 3.05) is 39.8 Å². The second kappa shape index (κ2) is 9.04. The average molecular weight is 338 g/mol. The second-order valence-electron chi connectivity index (χ2n) is 8.30. The van der Waals surface area contributed by atoms with Gasteiger partial charge in [-0.25, -0.2) is 0 Å². The predicted octanol–water partition coefficient (Wildman–Crippen LogP) is 2.00. The summed E-state index contributed by atoms with van der Waals surface area (Å²) >= 11 is 0. The lowest BCUT2D eigenvalue weighted by atomic mass is 9.98. The lowest BCUT2D eigenvalue weighted by molar-refractivity contribution is 0.147. The Bertz CT molecular complexity index is 401. The largest absolute Gasteiger partial charge is 0.355 e. The molecular weight excluding hydrogens is 298 g/mol. The van der Waals surface area contributed by atoms with E-state index < -0.39 is 0 Å². The molecule has 2 N–H and O–H groups in total. The summed E-state index contributed by atoms with van der Waals surface area (Å²) in [6, 6.07) is 1.67. The maximum atomic E-state index is 4.44. The van der Waals surface area contributed by atoms with Gasteiger partial charge < -0.3 is 10.6 Å². The van der Waals surface area contributed by atoms with Crippen LogP contribution in [0.5, 0.6) is 0 Å². The Labute approximate surface area is 149 Å². The first-order chi connectivity index (χ1) is 11.4. The number of piperidine rings is 1. The van der Waals surface area contributed by atoms with Crippen molar-refractivity contribution in [3.8, 4) is 0 Å². The molecule has 2 aliphatic heterocycles. The molecule has 24 heavy (non-hydrogen) atoms. The fourth-order valence-electron chi connectivity index (χ4n) is 3.83. The van der Waals surface area contributed by atoms with Crippen LogP contribution in [0.1, 0.15) is 47.5 Å². The lowest BCUT2D eigenvalue weighted by Crippen LogP contribution is -2.51. The molecular formula is C19H39N5. The third-order valence-corrected chi connectivity index (χ3v) is 5.92. The maximum absolute atomic E-state index is 4.44. The summed E-state index contributed by atoms with van der Waals surface area (Å²) in [4.78, 5) is 9.60. The topological polar surface area (TPSA) is 42.9 Å². The molecule has 0 saturated carbocycles. The average Bonchev–Trinajstić information content (AvgIpc) is 2.93. The third-order valence-electron chi connectivity index (χ3n) is 5.92. The van der Waals surface area contributed by atoms with Gasteiger partial charge in [0.05, 0.1) is 0 Å². The van der Waals surface area contributed by atoms with Gasteiger partial charge in [-0.3, -0.25) is 14.8 Å². The van der Waals surface area contributed by atoms with Crippen LogP contribution in [0.25, 0.3) is 0 Å². The maximum Gasteiger partial charge on any atom is 0.191 e. The summed E-state index contributed by atoms with van der Waals surface area (Å²) in [7, 11) is 1.88. The monoisotopic (exact) mass is 337 g/mol. The number of nitrogens with one attached hydrogen (secondary N) is 2. The zero-order valence-corrected chi connectivity index (χ0v) is 16.7. The van der Waals surface area contributed by atoms with Crippen molar-refractivity contribution in [2.45, 2.75) is 65.6 Å². The number of rotatable bonds is 5. The number of nitrogens with zero attached hydrogens (tertiary/aromatic N) is 3. The Morgan fingerprint density at radius 3 is 2.29 bits per heavy atom. The van der Waals surface area contributed by atoms with Crippen molar-refractivity contribution in [1.82, 2.24) is 20.4 Å². The van der Waals surface area contributed by atoms with Crippen LogP contribution in [-0.2, 0) is 0 Å². The van der Waals surface area contributed by atoms with Crippen molar-refractivity contribution in [3.05, 3.63) is 0 Å². The summed E-state index contributed by atoms with van der Waals surface area (Å²) in [5, 5.41) is 7.19. The summed E-state index contributed by atoms with van der Waals surface area (Å²) in [6.45, 7) is 17.3. The molecule has 0 amide bonds. The summed E-state index contributed by atoms with van der Waals surface area (Å²) in [5.41, 5.74) is 0. The van der Waals surface area contributed by atoms with E-state index in [-0.39, 0.29) is 0 Å². The molecule has 2 heterocycles. The minimum absolute atomic E-state index is 0.491. The Kier molecular flexibility index (Phi) is 7.35. The minimum Gasteiger partial charge on any atom is -0.355 e. The Hall–Kier alpha value is -0.810. The summed E-state index contributed by atoms with van der Waals surface area (Å²) < 4.78 is 0. The third kappa shape index (κ3) is 5.35. The van der Waals surface area contributed by atoms with Crippen molar-refractivity contribution < 1.29 is 0 Å². The molecule has 0 radical (unpaired) electrons. The second-order valence-corrected chi connectivity index (χ2v) is 8.30. The van der Waals surface area contributed by atoms with Gasteiger partial charge in [-0.2, -0.15) is 0 Å². The van der Waals surface area contributed by atoms with E-state index in [1.807, 2.05) is 7.05 Å². The van der Waals surface area contributed by atoms with Crippen LogP contribution in [0.3, 0.4) is 0 Å². The molecule has 0 aromatic heterocycles. The van der Waals surface area contributed by atoms with Crippen molar-refractivity contribution in [3.63, 3.8) is 0 Å². The number of hydrogen-bond acceptors (Lipinski definition) is 3. The van der Waals surface area contributed by atoms with Gasteiger partial charge in [0.15, 0.2) is 5.96 Å². The number of hydrogen-bond donors (Lipinski definition) is 2. The summed E-state index contributed by atoms with van der Waals surface area (Å²) in [6.07, 6.45) is 2.67. The molecule has 0 aliphatic carbocycles. The molecule has 2 fully saturated rings. The highest BCUT2D eigenvalue weighted by atomic mass is 15.3. The molecule has 2 rings (SSSR count). The van der Waals surface area contributed by atoms with Crippen molar-refractivity contribution in [2.24, 2.45) is 16.8 Å². The van der Waals surface area contributed by atoms with Crippen LogP contribution in [0.4, 0.5) is 0 Å². The van der Waals surface area contributed by atoms with Gasteiger partial charge in [-0.15, -0.1) is 0 Å². The first-order valence-corrected chi connectivity index (χ1v) is 9.86. The first kappa shape index (κ1) is 19.5. The van der Waals surface area contributed by atoms with E-state index in [0.717, 1.165) is 25.0 Å². The van der Waals surface area contributed by atoms with Gasteiger partial charge in [0.25, 0.3) is 0 Å². The van der Waals surface area contributed by atoms with Gasteiger partial charge in [-0.05, 0) is 58.5 Å². The Morgan fingerprint density at radius 2 is 1.75 bits per heavy atom.